The van der Waals surface area contributed by atoms with E-state index >= 15 is 0 Å². The third-order valence-corrected chi connectivity index (χ3v) is 4.46. The molecule has 1 aromatic heterocycles. The first-order valence-corrected chi connectivity index (χ1v) is 8.32. The number of hydrogen-bond acceptors (Lipinski definition) is 3. The lowest BCUT2D eigenvalue weighted by atomic mass is 10.2. The number of rotatable bonds is 4. The molecule has 3 rings (SSSR count). The maximum Gasteiger partial charge on any atom is 0.417 e. The van der Waals surface area contributed by atoms with Gasteiger partial charge in [-0.25, -0.2) is 4.68 Å². The molecule has 1 N–H and O–H groups in total. The zero-order valence-electron chi connectivity index (χ0n) is 13.7. The van der Waals surface area contributed by atoms with Crippen molar-refractivity contribution >= 4 is 23.2 Å². The molecule has 1 aromatic carbocycles. The van der Waals surface area contributed by atoms with Crippen molar-refractivity contribution in [2.75, 3.05) is 5.32 Å². The van der Waals surface area contributed by atoms with Gasteiger partial charge in [0, 0.05) is 17.7 Å². The van der Waals surface area contributed by atoms with Gasteiger partial charge in [-0.3, -0.25) is 9.59 Å². The first-order chi connectivity index (χ1) is 12.2. The van der Waals surface area contributed by atoms with Crippen LogP contribution in [0, 0.1) is 0 Å². The number of amides is 1. The monoisotopic (exact) mass is 385 g/mol. The molecule has 1 aliphatic carbocycles. The minimum atomic E-state index is -4.64. The van der Waals surface area contributed by atoms with Gasteiger partial charge >= 0.3 is 6.18 Å². The van der Waals surface area contributed by atoms with Gasteiger partial charge < -0.3 is 5.32 Å². The number of carbonyl (C=O) groups is 1. The van der Waals surface area contributed by atoms with Crippen LogP contribution in [-0.4, -0.2) is 15.7 Å². The minimum Gasteiger partial charge on any atom is -0.324 e. The number of hydrogen-bond donors (Lipinski definition) is 1. The van der Waals surface area contributed by atoms with Crippen LogP contribution in [0.3, 0.4) is 0 Å². The summed E-state index contributed by atoms with van der Waals surface area (Å²) >= 11 is 5.56. The Hall–Kier alpha value is -2.35. The molecule has 1 atom stereocenters. The molecule has 0 radical (unpaired) electrons. The molecule has 9 heteroatoms. The molecule has 138 valence electrons. The molecule has 1 aliphatic rings. The number of nitrogens with one attached hydrogen (secondary N) is 1. The van der Waals surface area contributed by atoms with Gasteiger partial charge in [-0.05, 0) is 44.0 Å². The number of carbonyl (C=O) groups excluding carboxylic acids is 1. The topological polar surface area (TPSA) is 64.0 Å². The second-order valence-corrected chi connectivity index (χ2v) is 6.58. The normalized spacial score (nSPS) is 15.6. The average molecular weight is 386 g/mol. The maximum absolute atomic E-state index is 12.9. The van der Waals surface area contributed by atoms with Gasteiger partial charge in [-0.15, -0.1) is 0 Å². The molecular weight excluding hydrogens is 371 g/mol. The lowest BCUT2D eigenvalue weighted by Gasteiger charge is -2.16. The van der Waals surface area contributed by atoms with E-state index in [0.717, 1.165) is 35.4 Å². The van der Waals surface area contributed by atoms with Crippen LogP contribution in [0.1, 0.15) is 43.0 Å². The van der Waals surface area contributed by atoms with Crippen LogP contribution in [0.4, 0.5) is 18.9 Å². The second kappa shape index (κ2) is 6.75. The van der Waals surface area contributed by atoms with Crippen LogP contribution in [0.5, 0.6) is 0 Å². The van der Waals surface area contributed by atoms with Crippen LogP contribution >= 0.6 is 11.6 Å². The van der Waals surface area contributed by atoms with Crippen molar-refractivity contribution in [3.8, 4) is 0 Å². The Bertz CT molecular complexity index is 907. The van der Waals surface area contributed by atoms with Gasteiger partial charge in [0.15, 0.2) is 0 Å². The van der Waals surface area contributed by atoms with E-state index in [2.05, 4.69) is 10.4 Å². The Morgan fingerprint density at radius 3 is 2.62 bits per heavy atom. The lowest BCUT2D eigenvalue weighted by molar-refractivity contribution is -0.137. The predicted octanol–water partition coefficient (Wildman–Crippen LogP) is 3.99. The third-order valence-electron chi connectivity index (χ3n) is 4.13. The van der Waals surface area contributed by atoms with E-state index in [1.807, 2.05) is 0 Å². The largest absolute Gasteiger partial charge is 0.417 e. The van der Waals surface area contributed by atoms with Crippen molar-refractivity contribution in [3.05, 3.63) is 57.0 Å². The average Bonchev–Trinajstić information content (AvgIpc) is 3.40. The van der Waals surface area contributed by atoms with Crippen LogP contribution in [0.25, 0.3) is 0 Å². The summed E-state index contributed by atoms with van der Waals surface area (Å²) in [5.41, 5.74) is -0.833. The Kier molecular flexibility index (Phi) is 4.79. The molecule has 0 unspecified atom stereocenters. The summed E-state index contributed by atoms with van der Waals surface area (Å²) in [6.07, 6.45) is -2.67. The van der Waals surface area contributed by atoms with E-state index in [9.17, 15) is 22.8 Å². The maximum atomic E-state index is 12.9. The minimum absolute atomic E-state index is 0.0648. The number of halogens is 4. The van der Waals surface area contributed by atoms with E-state index in [0.29, 0.717) is 5.92 Å². The third kappa shape index (κ3) is 3.90. The van der Waals surface area contributed by atoms with Crippen molar-refractivity contribution in [2.24, 2.45) is 0 Å². The number of aromatic nitrogens is 2. The summed E-state index contributed by atoms with van der Waals surface area (Å²) in [6.45, 7) is 1.46. The van der Waals surface area contributed by atoms with Gasteiger partial charge in [0.05, 0.1) is 16.3 Å². The number of anilines is 1. The fraction of sp³-hybridized carbons (Fsp3) is 0.353. The van der Waals surface area contributed by atoms with Crippen molar-refractivity contribution < 1.29 is 18.0 Å². The predicted molar refractivity (Wildman–Crippen MR) is 90.3 cm³/mol. The van der Waals surface area contributed by atoms with Crippen molar-refractivity contribution in [1.29, 1.82) is 0 Å². The summed E-state index contributed by atoms with van der Waals surface area (Å²) in [5, 5.41) is 6.12. The first kappa shape index (κ1) is 18.4. The van der Waals surface area contributed by atoms with Gasteiger partial charge in [0.25, 0.3) is 5.56 Å². The smallest absolute Gasteiger partial charge is 0.324 e. The Balaban J connectivity index is 1.82. The molecule has 5 nitrogen and oxygen atoms in total. The van der Waals surface area contributed by atoms with E-state index < -0.39 is 34.3 Å². The zero-order valence-corrected chi connectivity index (χ0v) is 14.4. The van der Waals surface area contributed by atoms with Gasteiger partial charge in [0.2, 0.25) is 5.91 Å². The SMILES string of the molecule is C[C@H](C(=O)Nc1ccc(Cl)c(C(F)(F)F)c1)n1nc(C2CC2)ccc1=O. The quantitative estimate of drug-likeness (QED) is 0.865. The van der Waals surface area contributed by atoms with Crippen LogP contribution in [0.2, 0.25) is 5.02 Å². The number of benzene rings is 1. The molecule has 0 aliphatic heterocycles. The Labute approximate surface area is 151 Å². The van der Waals surface area contributed by atoms with E-state index in [4.69, 9.17) is 11.6 Å². The van der Waals surface area contributed by atoms with Crippen LogP contribution in [0.15, 0.2) is 35.1 Å². The lowest BCUT2D eigenvalue weighted by Crippen LogP contribution is -2.33. The molecule has 0 bridgehead atoms. The van der Waals surface area contributed by atoms with E-state index in [1.165, 1.54) is 19.1 Å². The van der Waals surface area contributed by atoms with Crippen LogP contribution in [-0.2, 0) is 11.0 Å². The van der Waals surface area contributed by atoms with Crippen molar-refractivity contribution in [2.45, 2.75) is 37.9 Å². The zero-order chi connectivity index (χ0) is 19.1. The summed E-state index contributed by atoms with van der Waals surface area (Å²) in [5.74, 6) is -0.356. The number of nitrogens with zero attached hydrogens (tertiary/aromatic N) is 2. The molecule has 0 saturated heterocycles. The molecule has 1 heterocycles. The Morgan fingerprint density at radius 2 is 2.00 bits per heavy atom. The molecule has 26 heavy (non-hydrogen) atoms. The van der Waals surface area contributed by atoms with Crippen molar-refractivity contribution in [1.82, 2.24) is 9.78 Å². The molecular formula is C17H15ClF3N3O2. The first-order valence-electron chi connectivity index (χ1n) is 7.94. The highest BCUT2D eigenvalue weighted by Gasteiger charge is 2.33. The number of alkyl halides is 3. The molecule has 0 spiro atoms. The van der Waals surface area contributed by atoms with Crippen molar-refractivity contribution in [3.63, 3.8) is 0 Å². The van der Waals surface area contributed by atoms with Gasteiger partial charge in [-0.1, -0.05) is 11.6 Å². The fourth-order valence-electron chi connectivity index (χ4n) is 2.49. The standard InChI is InChI=1S/C17H15ClF3N3O2/c1-9(24-15(25)7-6-14(23-24)10-2-3-10)16(26)22-11-4-5-13(18)12(8-11)17(19,20)21/h4-10H,2-3H2,1H3,(H,22,26)/t9-/m1/s1. The highest BCUT2D eigenvalue weighted by atomic mass is 35.5. The molecule has 2 aromatic rings. The second-order valence-electron chi connectivity index (χ2n) is 6.17. The fourth-order valence-corrected chi connectivity index (χ4v) is 2.72. The van der Waals surface area contributed by atoms with E-state index in [-0.39, 0.29) is 5.69 Å². The highest BCUT2D eigenvalue weighted by Crippen LogP contribution is 2.38. The van der Waals surface area contributed by atoms with Gasteiger partial charge in [-0.2, -0.15) is 18.3 Å². The van der Waals surface area contributed by atoms with Gasteiger partial charge in [0.1, 0.15) is 6.04 Å². The van der Waals surface area contributed by atoms with Crippen LogP contribution < -0.4 is 10.9 Å². The summed E-state index contributed by atoms with van der Waals surface area (Å²) in [7, 11) is 0. The van der Waals surface area contributed by atoms with E-state index in [1.54, 1.807) is 6.07 Å². The summed E-state index contributed by atoms with van der Waals surface area (Å²) in [4.78, 5) is 24.4. The summed E-state index contributed by atoms with van der Waals surface area (Å²) in [6, 6.07) is 5.07. The molecule has 1 amide bonds. The Morgan fingerprint density at radius 1 is 1.31 bits per heavy atom. The molecule has 1 fully saturated rings. The summed E-state index contributed by atoms with van der Waals surface area (Å²) < 4.78 is 39.8. The molecule has 1 saturated carbocycles. The highest BCUT2D eigenvalue weighted by molar-refractivity contribution is 6.31.